The number of aromatic amines is 1. The second-order valence-corrected chi connectivity index (χ2v) is 5.88. The zero-order valence-electron chi connectivity index (χ0n) is 14.7. The summed E-state index contributed by atoms with van der Waals surface area (Å²) in [5.41, 5.74) is 3.02. The van der Waals surface area contributed by atoms with Gasteiger partial charge in [0.2, 0.25) is 0 Å². The smallest absolute Gasteiger partial charge is 0.173 e. The van der Waals surface area contributed by atoms with Gasteiger partial charge in [-0.1, -0.05) is 12.1 Å². The average Bonchev–Trinajstić information content (AvgIpc) is 3.21. The van der Waals surface area contributed by atoms with Crippen LogP contribution >= 0.6 is 0 Å². The minimum Gasteiger partial charge on any atom is -0.488 e. The largest absolute Gasteiger partial charge is 0.488 e. The van der Waals surface area contributed by atoms with Crippen molar-refractivity contribution in [1.82, 2.24) is 20.4 Å². The quantitative estimate of drug-likeness (QED) is 0.549. The Balaban J connectivity index is 1.58. The van der Waals surface area contributed by atoms with Gasteiger partial charge in [0, 0.05) is 17.3 Å². The van der Waals surface area contributed by atoms with Crippen molar-refractivity contribution in [3.63, 3.8) is 0 Å². The van der Waals surface area contributed by atoms with E-state index in [0.717, 1.165) is 11.1 Å². The van der Waals surface area contributed by atoms with Gasteiger partial charge in [-0.15, -0.1) is 0 Å². The number of rotatable bonds is 6. The van der Waals surface area contributed by atoms with Gasteiger partial charge in [-0.25, -0.2) is 0 Å². The van der Waals surface area contributed by atoms with Crippen molar-refractivity contribution >= 4 is 0 Å². The van der Waals surface area contributed by atoms with Crippen LogP contribution in [0.25, 0.3) is 11.3 Å². The highest BCUT2D eigenvalue weighted by Gasteiger charge is 2.15. The predicted molar refractivity (Wildman–Crippen MR) is 102 cm³/mol. The maximum Gasteiger partial charge on any atom is 0.173 e. The fourth-order valence-electron chi connectivity index (χ4n) is 2.63. The second-order valence-electron chi connectivity index (χ2n) is 5.88. The van der Waals surface area contributed by atoms with Crippen LogP contribution < -0.4 is 9.47 Å². The summed E-state index contributed by atoms with van der Waals surface area (Å²) in [6, 6.07) is 18.5. The fraction of sp³-hybridized carbons (Fsp3) is 0.0476. The highest BCUT2D eigenvalue weighted by Crippen LogP contribution is 2.36. The molecule has 28 heavy (non-hydrogen) atoms. The molecule has 0 atom stereocenters. The normalized spacial score (nSPS) is 10.2. The topological polar surface area (TPSA) is 96.7 Å². The molecule has 2 aromatic carbocycles. The Labute approximate surface area is 161 Å². The molecule has 0 unspecified atom stereocenters. The molecule has 4 aromatic rings. The van der Waals surface area contributed by atoms with E-state index >= 15 is 0 Å². The third kappa shape index (κ3) is 3.81. The Morgan fingerprint density at radius 2 is 1.79 bits per heavy atom. The molecule has 4 rings (SSSR count). The molecule has 2 heterocycles. The number of para-hydroxylation sites is 1. The number of nitrogens with one attached hydrogen (secondary N) is 1. The van der Waals surface area contributed by atoms with Crippen LogP contribution in [0.3, 0.4) is 0 Å². The number of nitrogens with zero attached hydrogens (tertiary/aromatic N) is 4. The Bertz CT molecular complexity index is 1100. The van der Waals surface area contributed by atoms with Crippen molar-refractivity contribution in [2.24, 2.45) is 0 Å². The van der Waals surface area contributed by atoms with Gasteiger partial charge in [-0.2, -0.15) is 20.6 Å². The number of hydrogen-bond donors (Lipinski definition) is 1. The summed E-state index contributed by atoms with van der Waals surface area (Å²) in [5.74, 6) is 1.86. The number of aromatic nitrogens is 4. The first-order valence-corrected chi connectivity index (χ1v) is 8.52. The van der Waals surface area contributed by atoms with E-state index < -0.39 is 0 Å². The van der Waals surface area contributed by atoms with Crippen molar-refractivity contribution in [2.45, 2.75) is 6.61 Å². The molecule has 7 nitrogen and oxygen atoms in total. The lowest BCUT2D eigenvalue weighted by Gasteiger charge is -2.12. The number of H-pyrrole nitrogens is 1. The van der Waals surface area contributed by atoms with Crippen LogP contribution in [0, 0.1) is 11.3 Å². The van der Waals surface area contributed by atoms with Crippen LogP contribution in [-0.4, -0.2) is 20.4 Å². The molecular formula is C21H15N5O2. The molecule has 0 aliphatic rings. The second kappa shape index (κ2) is 8.01. The maximum absolute atomic E-state index is 8.91. The zero-order chi connectivity index (χ0) is 19.2. The van der Waals surface area contributed by atoms with Crippen LogP contribution in [0.4, 0.5) is 0 Å². The van der Waals surface area contributed by atoms with Gasteiger partial charge in [-0.3, -0.25) is 5.10 Å². The van der Waals surface area contributed by atoms with Crippen LogP contribution in [-0.2, 0) is 6.61 Å². The predicted octanol–water partition coefficient (Wildman–Crippen LogP) is 4.11. The minimum atomic E-state index is 0.368. The molecule has 0 amide bonds. The first-order valence-electron chi connectivity index (χ1n) is 8.52. The molecule has 0 bridgehead atoms. The van der Waals surface area contributed by atoms with Crippen molar-refractivity contribution in [3.05, 3.63) is 84.3 Å². The molecule has 0 fully saturated rings. The zero-order valence-corrected chi connectivity index (χ0v) is 14.7. The Kier molecular flexibility index (Phi) is 4.94. The molecule has 136 valence electrons. The molecule has 1 N–H and O–H groups in total. The van der Waals surface area contributed by atoms with Crippen molar-refractivity contribution in [2.75, 3.05) is 0 Å². The van der Waals surface area contributed by atoms with E-state index in [1.54, 1.807) is 42.9 Å². The highest BCUT2D eigenvalue weighted by molar-refractivity contribution is 5.72. The van der Waals surface area contributed by atoms with Crippen molar-refractivity contribution in [3.8, 4) is 34.6 Å². The molecule has 0 radical (unpaired) electrons. The lowest BCUT2D eigenvalue weighted by atomic mass is 10.1. The summed E-state index contributed by atoms with van der Waals surface area (Å²) in [6.07, 6.45) is 4.90. The molecule has 0 saturated heterocycles. The Morgan fingerprint density at radius 3 is 2.57 bits per heavy atom. The third-order valence-corrected chi connectivity index (χ3v) is 4.01. The standard InChI is InChI=1S/C21H15N5O2/c22-11-15-5-7-17(8-6-15)28-20-13-25-26-21(20)18-3-1-2-4-19(18)27-14-16-9-10-23-24-12-16/h1-10,12-13H,14H2,(H,25,26). The number of ether oxygens (including phenoxy) is 2. The monoisotopic (exact) mass is 369 g/mol. The van der Waals surface area contributed by atoms with Crippen LogP contribution in [0.5, 0.6) is 17.2 Å². The van der Waals surface area contributed by atoms with Gasteiger partial charge in [0.05, 0.1) is 24.0 Å². The van der Waals surface area contributed by atoms with Gasteiger partial charge in [0.15, 0.2) is 5.75 Å². The first-order chi connectivity index (χ1) is 13.8. The third-order valence-electron chi connectivity index (χ3n) is 4.01. The lowest BCUT2D eigenvalue weighted by Crippen LogP contribution is -1.98. The van der Waals surface area contributed by atoms with Gasteiger partial charge in [-0.05, 0) is 42.5 Å². The molecule has 7 heteroatoms. The average molecular weight is 369 g/mol. The SMILES string of the molecule is N#Cc1ccc(Oc2cn[nH]c2-c2ccccc2OCc2ccnnc2)cc1. The minimum absolute atomic E-state index is 0.368. The first kappa shape index (κ1) is 17.2. The van der Waals surface area contributed by atoms with Crippen molar-refractivity contribution in [1.29, 1.82) is 5.26 Å². The summed E-state index contributed by atoms with van der Waals surface area (Å²) in [4.78, 5) is 0. The maximum atomic E-state index is 8.91. The van der Waals surface area contributed by atoms with E-state index in [2.05, 4.69) is 26.5 Å². The fourth-order valence-corrected chi connectivity index (χ4v) is 2.63. The van der Waals surface area contributed by atoms with E-state index in [1.807, 2.05) is 30.3 Å². The van der Waals surface area contributed by atoms with E-state index in [9.17, 15) is 0 Å². The molecule has 0 spiro atoms. The van der Waals surface area contributed by atoms with Crippen LogP contribution in [0.2, 0.25) is 0 Å². The highest BCUT2D eigenvalue weighted by atomic mass is 16.5. The molecular weight excluding hydrogens is 354 g/mol. The van der Waals surface area contributed by atoms with E-state index in [4.69, 9.17) is 14.7 Å². The summed E-state index contributed by atoms with van der Waals surface area (Å²) >= 11 is 0. The van der Waals surface area contributed by atoms with Gasteiger partial charge in [0.25, 0.3) is 0 Å². The van der Waals surface area contributed by atoms with E-state index in [0.29, 0.717) is 35.1 Å². The van der Waals surface area contributed by atoms with Crippen LogP contribution in [0.1, 0.15) is 11.1 Å². The van der Waals surface area contributed by atoms with Crippen LogP contribution in [0.15, 0.2) is 73.2 Å². The summed E-state index contributed by atoms with van der Waals surface area (Å²) in [5, 5.41) is 23.6. The van der Waals surface area contributed by atoms with Gasteiger partial charge >= 0.3 is 0 Å². The van der Waals surface area contributed by atoms with E-state index in [-0.39, 0.29) is 0 Å². The summed E-state index contributed by atoms with van der Waals surface area (Å²) < 4.78 is 11.9. The molecule has 2 aromatic heterocycles. The van der Waals surface area contributed by atoms with E-state index in [1.165, 1.54) is 0 Å². The Morgan fingerprint density at radius 1 is 0.929 bits per heavy atom. The molecule has 0 aliphatic heterocycles. The molecule has 0 saturated carbocycles. The number of hydrogen-bond acceptors (Lipinski definition) is 6. The van der Waals surface area contributed by atoms with Crippen molar-refractivity contribution < 1.29 is 9.47 Å². The number of nitriles is 1. The summed E-state index contributed by atoms with van der Waals surface area (Å²) in [6.45, 7) is 0.368. The summed E-state index contributed by atoms with van der Waals surface area (Å²) in [7, 11) is 0. The molecule has 0 aliphatic carbocycles. The Hall–Kier alpha value is -4.18. The van der Waals surface area contributed by atoms with Gasteiger partial charge < -0.3 is 9.47 Å². The van der Waals surface area contributed by atoms with Gasteiger partial charge in [0.1, 0.15) is 23.8 Å². The lowest BCUT2D eigenvalue weighted by molar-refractivity contribution is 0.306. The number of benzene rings is 2.